The molecule has 5 heteroatoms. The van der Waals surface area contributed by atoms with Crippen molar-refractivity contribution in [2.45, 2.75) is 46.6 Å². The Bertz CT molecular complexity index is 899. The Morgan fingerprint density at radius 1 is 1.20 bits per heavy atom. The van der Waals surface area contributed by atoms with Crippen LogP contribution in [-0.2, 0) is 11.2 Å². The van der Waals surface area contributed by atoms with E-state index in [0.29, 0.717) is 12.8 Å². The van der Waals surface area contributed by atoms with Crippen molar-refractivity contribution in [3.63, 3.8) is 0 Å². The predicted octanol–water partition coefficient (Wildman–Crippen LogP) is 3.46. The molecule has 0 aliphatic carbocycles. The average Bonchev–Trinajstić information content (AvgIpc) is 2.96. The number of benzene rings is 1. The molecule has 0 aliphatic heterocycles. The second-order valence-electron chi connectivity index (χ2n) is 6.52. The highest BCUT2D eigenvalue weighted by atomic mass is 16.1. The zero-order valence-corrected chi connectivity index (χ0v) is 15.2. The van der Waals surface area contributed by atoms with Gasteiger partial charge in [0.2, 0.25) is 5.91 Å². The molecule has 25 heavy (non-hydrogen) atoms. The summed E-state index contributed by atoms with van der Waals surface area (Å²) in [7, 11) is 0. The third-order valence-electron chi connectivity index (χ3n) is 4.57. The molecule has 3 rings (SSSR count). The van der Waals surface area contributed by atoms with Crippen LogP contribution in [0.2, 0.25) is 0 Å². The number of hydrogen-bond acceptors (Lipinski definition) is 3. The summed E-state index contributed by atoms with van der Waals surface area (Å²) < 4.78 is 1.86. The third kappa shape index (κ3) is 3.71. The molecule has 130 valence electrons. The second kappa shape index (κ2) is 7.05. The van der Waals surface area contributed by atoms with Crippen molar-refractivity contribution in [2.75, 3.05) is 0 Å². The fourth-order valence-electron chi connectivity index (χ4n) is 3.18. The Kier molecular flexibility index (Phi) is 4.83. The van der Waals surface area contributed by atoms with Gasteiger partial charge in [0.25, 0.3) is 0 Å². The normalized spacial score (nSPS) is 12.3. The van der Waals surface area contributed by atoms with Crippen molar-refractivity contribution >= 4 is 11.6 Å². The minimum Gasteiger partial charge on any atom is -0.350 e. The Morgan fingerprint density at radius 3 is 2.64 bits per heavy atom. The van der Waals surface area contributed by atoms with Crippen LogP contribution in [-0.4, -0.2) is 20.5 Å². The fraction of sp³-hybridized carbons (Fsp3) is 0.350. The molecule has 5 nitrogen and oxygen atoms in total. The van der Waals surface area contributed by atoms with Gasteiger partial charge in [0.15, 0.2) is 5.65 Å². The van der Waals surface area contributed by atoms with Gasteiger partial charge in [-0.1, -0.05) is 30.3 Å². The minimum atomic E-state index is 0.00487. The molecule has 2 heterocycles. The number of aromatic nitrogens is 3. The van der Waals surface area contributed by atoms with Crippen LogP contribution in [0.25, 0.3) is 5.65 Å². The molecule has 0 bridgehead atoms. The summed E-state index contributed by atoms with van der Waals surface area (Å²) in [5.74, 6) is 0.0481. The van der Waals surface area contributed by atoms with E-state index < -0.39 is 0 Å². The Morgan fingerprint density at radius 2 is 1.92 bits per heavy atom. The summed E-state index contributed by atoms with van der Waals surface area (Å²) >= 11 is 0. The number of amides is 1. The number of nitrogens with zero attached hydrogens (tertiary/aromatic N) is 3. The first-order valence-electron chi connectivity index (χ1n) is 8.62. The Labute approximate surface area is 148 Å². The quantitative estimate of drug-likeness (QED) is 0.776. The summed E-state index contributed by atoms with van der Waals surface area (Å²) in [4.78, 5) is 16.9. The van der Waals surface area contributed by atoms with Crippen LogP contribution < -0.4 is 5.32 Å². The van der Waals surface area contributed by atoms with Gasteiger partial charge in [-0.3, -0.25) is 4.79 Å². The van der Waals surface area contributed by atoms with Crippen LogP contribution in [0.5, 0.6) is 0 Å². The zero-order valence-electron chi connectivity index (χ0n) is 15.2. The molecule has 0 saturated heterocycles. The maximum Gasteiger partial charge on any atom is 0.220 e. The van der Waals surface area contributed by atoms with Crippen LogP contribution >= 0.6 is 0 Å². The van der Waals surface area contributed by atoms with Gasteiger partial charge in [-0.15, -0.1) is 0 Å². The van der Waals surface area contributed by atoms with Gasteiger partial charge in [-0.2, -0.15) is 5.10 Å². The Balaban J connectivity index is 1.69. The highest BCUT2D eigenvalue weighted by molar-refractivity contribution is 5.76. The average molecular weight is 336 g/mol. The number of hydrogen-bond donors (Lipinski definition) is 1. The highest BCUT2D eigenvalue weighted by Gasteiger charge is 2.14. The van der Waals surface area contributed by atoms with Crippen molar-refractivity contribution in [3.05, 3.63) is 64.6 Å². The first-order chi connectivity index (χ1) is 12.0. The third-order valence-corrected chi connectivity index (χ3v) is 4.57. The van der Waals surface area contributed by atoms with E-state index in [2.05, 4.69) is 15.4 Å². The summed E-state index contributed by atoms with van der Waals surface area (Å²) in [6, 6.07) is 12.0. The summed E-state index contributed by atoms with van der Waals surface area (Å²) in [5, 5.41) is 7.55. The lowest BCUT2D eigenvalue weighted by molar-refractivity contribution is -0.121. The standard InChI is InChI=1S/C20H24N4O/c1-13-12-19-21-15(3)18(16(4)24(19)23-13)10-11-20(25)22-14(2)17-8-6-5-7-9-17/h5-9,12,14H,10-11H2,1-4H3,(H,22,25). The lowest BCUT2D eigenvalue weighted by Crippen LogP contribution is -2.27. The molecule has 0 fully saturated rings. The smallest absolute Gasteiger partial charge is 0.220 e. The van der Waals surface area contributed by atoms with Gasteiger partial charge in [-0.25, -0.2) is 9.50 Å². The predicted molar refractivity (Wildman–Crippen MR) is 98.5 cm³/mol. The van der Waals surface area contributed by atoms with Gasteiger partial charge in [0.1, 0.15) is 0 Å². The molecular formula is C20H24N4O. The number of nitrogens with one attached hydrogen (secondary N) is 1. The molecular weight excluding hydrogens is 312 g/mol. The monoisotopic (exact) mass is 336 g/mol. The number of rotatable bonds is 5. The van der Waals surface area contributed by atoms with Crippen LogP contribution in [0, 0.1) is 20.8 Å². The summed E-state index contributed by atoms with van der Waals surface area (Å²) in [6.45, 7) is 7.99. The fourth-order valence-corrected chi connectivity index (χ4v) is 3.18. The van der Waals surface area contributed by atoms with Gasteiger partial charge >= 0.3 is 0 Å². The zero-order chi connectivity index (χ0) is 18.0. The van der Waals surface area contributed by atoms with Gasteiger partial charge in [0, 0.05) is 23.9 Å². The van der Waals surface area contributed by atoms with Crippen molar-refractivity contribution in [1.82, 2.24) is 19.9 Å². The number of carbonyl (C=O) groups is 1. The van der Waals surface area contributed by atoms with Gasteiger partial charge in [0.05, 0.1) is 11.7 Å². The van der Waals surface area contributed by atoms with Crippen LogP contribution in [0.3, 0.4) is 0 Å². The van der Waals surface area contributed by atoms with Crippen molar-refractivity contribution in [3.8, 4) is 0 Å². The SMILES string of the molecule is Cc1cc2nc(C)c(CCC(=O)NC(C)c3ccccc3)c(C)n2n1. The van der Waals surface area contributed by atoms with E-state index in [1.54, 1.807) is 0 Å². The lowest BCUT2D eigenvalue weighted by Gasteiger charge is -2.15. The molecule has 1 unspecified atom stereocenters. The van der Waals surface area contributed by atoms with E-state index in [1.165, 1.54) is 0 Å². The molecule has 3 aromatic rings. The number of carbonyl (C=O) groups excluding carboxylic acids is 1. The van der Waals surface area contributed by atoms with Crippen molar-refractivity contribution in [1.29, 1.82) is 0 Å². The van der Waals surface area contributed by atoms with Crippen molar-refractivity contribution in [2.24, 2.45) is 0 Å². The summed E-state index contributed by atoms with van der Waals surface area (Å²) in [5.41, 5.74) is 6.03. The number of aryl methyl sites for hydroxylation is 3. The van der Waals surface area contributed by atoms with E-state index in [0.717, 1.165) is 33.9 Å². The van der Waals surface area contributed by atoms with Crippen LogP contribution in [0.4, 0.5) is 0 Å². The maximum absolute atomic E-state index is 12.3. The molecule has 2 aromatic heterocycles. The van der Waals surface area contributed by atoms with Crippen molar-refractivity contribution < 1.29 is 4.79 Å². The second-order valence-corrected chi connectivity index (χ2v) is 6.52. The van der Waals surface area contributed by atoms with Crippen LogP contribution in [0.15, 0.2) is 36.4 Å². The van der Waals surface area contributed by atoms with E-state index in [-0.39, 0.29) is 11.9 Å². The Hall–Kier alpha value is -2.69. The number of fused-ring (bicyclic) bond motifs is 1. The summed E-state index contributed by atoms with van der Waals surface area (Å²) in [6.07, 6.45) is 1.10. The van der Waals surface area contributed by atoms with Gasteiger partial charge in [-0.05, 0) is 45.2 Å². The molecule has 1 aromatic carbocycles. The lowest BCUT2D eigenvalue weighted by atomic mass is 10.1. The van der Waals surface area contributed by atoms with Gasteiger partial charge < -0.3 is 5.32 Å². The maximum atomic E-state index is 12.3. The van der Waals surface area contributed by atoms with E-state index in [4.69, 9.17) is 0 Å². The molecule has 1 amide bonds. The highest BCUT2D eigenvalue weighted by Crippen LogP contribution is 2.17. The molecule has 0 spiro atoms. The van der Waals surface area contributed by atoms with E-state index >= 15 is 0 Å². The molecule has 1 N–H and O–H groups in total. The molecule has 1 atom stereocenters. The molecule has 0 radical (unpaired) electrons. The topological polar surface area (TPSA) is 59.3 Å². The van der Waals surface area contributed by atoms with E-state index in [9.17, 15) is 4.79 Å². The first kappa shape index (κ1) is 17.1. The first-order valence-corrected chi connectivity index (χ1v) is 8.62. The van der Waals surface area contributed by atoms with E-state index in [1.807, 2.05) is 68.6 Å². The minimum absolute atomic E-state index is 0.00487. The molecule has 0 aliphatic rings. The largest absolute Gasteiger partial charge is 0.350 e. The molecule has 0 saturated carbocycles. The van der Waals surface area contributed by atoms with Crippen LogP contribution in [0.1, 0.15) is 47.6 Å².